The third-order valence-corrected chi connectivity index (χ3v) is 2.98. The van der Waals surface area contributed by atoms with Crippen LogP contribution in [0.15, 0.2) is 0 Å². The van der Waals surface area contributed by atoms with Crippen molar-refractivity contribution in [1.29, 1.82) is 0 Å². The first-order valence-corrected chi connectivity index (χ1v) is 7.02. The van der Waals surface area contributed by atoms with Gasteiger partial charge in [-0.15, -0.1) is 0 Å². The Kier molecular flexibility index (Phi) is 7.57. The van der Waals surface area contributed by atoms with E-state index in [4.69, 9.17) is 0 Å². The summed E-state index contributed by atoms with van der Waals surface area (Å²) in [6, 6.07) is -1.20. The van der Waals surface area contributed by atoms with Gasteiger partial charge in [-0.05, 0) is 25.9 Å². The van der Waals surface area contributed by atoms with Gasteiger partial charge in [-0.25, -0.2) is 9.59 Å². The average Bonchev–Trinajstić information content (AvgIpc) is 2.28. The number of amides is 2. The molecule has 118 valence electrons. The highest BCUT2D eigenvalue weighted by molar-refractivity contribution is 5.83. The zero-order chi connectivity index (χ0) is 15.9. The Hall–Kier alpha value is -1.30. The van der Waals surface area contributed by atoms with E-state index in [-0.39, 0.29) is 6.03 Å². The molecule has 20 heavy (non-hydrogen) atoms. The number of hydrogen-bond donors (Lipinski definition) is 2. The molecule has 0 aromatic heterocycles. The molecule has 0 radical (unpaired) electrons. The molecule has 0 fully saturated rings. The zero-order valence-corrected chi connectivity index (χ0v) is 13.6. The third-order valence-electron chi connectivity index (χ3n) is 2.98. The molecule has 0 aromatic carbocycles. The molecule has 6 heteroatoms. The van der Waals surface area contributed by atoms with Crippen molar-refractivity contribution in [3.63, 3.8) is 0 Å². The maximum absolute atomic E-state index is 12.2. The Bertz CT molecular complexity index is 324. The number of carboxylic acid groups (broad SMARTS) is 1. The fourth-order valence-corrected chi connectivity index (χ4v) is 1.77. The summed E-state index contributed by atoms with van der Waals surface area (Å²) in [5, 5.41) is 11.9. The van der Waals surface area contributed by atoms with E-state index in [0.717, 1.165) is 13.0 Å². The van der Waals surface area contributed by atoms with Crippen LogP contribution in [0, 0.1) is 5.41 Å². The van der Waals surface area contributed by atoms with Crippen LogP contribution in [-0.2, 0) is 4.79 Å². The van der Waals surface area contributed by atoms with Crippen molar-refractivity contribution in [3.05, 3.63) is 0 Å². The second-order valence-electron chi connectivity index (χ2n) is 6.38. The predicted molar refractivity (Wildman–Crippen MR) is 79.8 cm³/mol. The van der Waals surface area contributed by atoms with Gasteiger partial charge < -0.3 is 20.2 Å². The Morgan fingerprint density at radius 1 is 1.15 bits per heavy atom. The van der Waals surface area contributed by atoms with Crippen LogP contribution < -0.4 is 5.32 Å². The molecule has 1 atom stereocenters. The van der Waals surface area contributed by atoms with E-state index in [2.05, 4.69) is 5.32 Å². The SMILES string of the molecule is CCCN(CCN(C)C)C(=O)NC(C(=O)O)C(C)(C)C. The van der Waals surface area contributed by atoms with Gasteiger partial charge in [-0.2, -0.15) is 0 Å². The van der Waals surface area contributed by atoms with Crippen molar-refractivity contribution in [2.75, 3.05) is 33.7 Å². The molecule has 2 N–H and O–H groups in total. The van der Waals surface area contributed by atoms with Crippen LogP contribution >= 0.6 is 0 Å². The maximum atomic E-state index is 12.2. The summed E-state index contributed by atoms with van der Waals surface area (Å²) in [4.78, 5) is 27.2. The summed E-state index contributed by atoms with van der Waals surface area (Å²) < 4.78 is 0. The van der Waals surface area contributed by atoms with E-state index in [0.29, 0.717) is 13.1 Å². The van der Waals surface area contributed by atoms with Crippen LogP contribution in [0.4, 0.5) is 4.79 Å². The monoisotopic (exact) mass is 287 g/mol. The van der Waals surface area contributed by atoms with Crippen molar-refractivity contribution in [3.8, 4) is 0 Å². The molecule has 0 rings (SSSR count). The van der Waals surface area contributed by atoms with E-state index in [1.165, 1.54) is 0 Å². The Balaban J connectivity index is 4.75. The van der Waals surface area contributed by atoms with Gasteiger partial charge >= 0.3 is 12.0 Å². The first kappa shape index (κ1) is 18.7. The number of carboxylic acids is 1. The quantitative estimate of drug-likeness (QED) is 0.743. The number of hydrogen-bond acceptors (Lipinski definition) is 3. The molecule has 0 aliphatic heterocycles. The van der Waals surface area contributed by atoms with Gasteiger partial charge in [0, 0.05) is 19.6 Å². The van der Waals surface area contributed by atoms with Crippen LogP contribution in [0.3, 0.4) is 0 Å². The summed E-state index contributed by atoms with van der Waals surface area (Å²) in [5.41, 5.74) is -0.527. The van der Waals surface area contributed by atoms with Crippen LogP contribution in [0.1, 0.15) is 34.1 Å². The minimum atomic E-state index is -1.00. The largest absolute Gasteiger partial charge is 0.480 e. The molecule has 2 amide bonds. The molecule has 0 saturated heterocycles. The molecule has 0 aliphatic carbocycles. The molecule has 0 spiro atoms. The Morgan fingerprint density at radius 3 is 2.05 bits per heavy atom. The van der Waals surface area contributed by atoms with Crippen molar-refractivity contribution >= 4 is 12.0 Å². The van der Waals surface area contributed by atoms with Gasteiger partial charge in [0.05, 0.1) is 0 Å². The molecular weight excluding hydrogens is 258 g/mol. The first-order valence-electron chi connectivity index (χ1n) is 7.02. The minimum Gasteiger partial charge on any atom is -0.480 e. The topological polar surface area (TPSA) is 72.9 Å². The van der Waals surface area contributed by atoms with Gasteiger partial charge in [0.2, 0.25) is 0 Å². The highest BCUT2D eigenvalue weighted by Crippen LogP contribution is 2.19. The number of nitrogens with one attached hydrogen (secondary N) is 1. The lowest BCUT2D eigenvalue weighted by Crippen LogP contribution is -2.54. The van der Waals surface area contributed by atoms with Gasteiger partial charge in [0.15, 0.2) is 0 Å². The van der Waals surface area contributed by atoms with Crippen molar-refractivity contribution in [2.24, 2.45) is 5.41 Å². The van der Waals surface area contributed by atoms with Crippen LogP contribution in [0.2, 0.25) is 0 Å². The van der Waals surface area contributed by atoms with Crippen LogP contribution in [0.25, 0.3) is 0 Å². The van der Waals surface area contributed by atoms with E-state index < -0.39 is 17.4 Å². The minimum absolute atomic E-state index is 0.309. The van der Waals surface area contributed by atoms with Crippen molar-refractivity contribution in [2.45, 2.75) is 40.2 Å². The highest BCUT2D eigenvalue weighted by atomic mass is 16.4. The molecule has 0 saturated carbocycles. The number of carbonyl (C=O) groups excluding carboxylic acids is 1. The van der Waals surface area contributed by atoms with Gasteiger partial charge in [0.1, 0.15) is 6.04 Å². The van der Waals surface area contributed by atoms with Gasteiger partial charge in [-0.1, -0.05) is 27.7 Å². The molecule has 0 bridgehead atoms. The summed E-state index contributed by atoms with van der Waals surface area (Å²) in [7, 11) is 3.88. The van der Waals surface area contributed by atoms with Crippen LogP contribution in [-0.4, -0.2) is 66.7 Å². The number of urea groups is 1. The zero-order valence-electron chi connectivity index (χ0n) is 13.6. The van der Waals surface area contributed by atoms with E-state index in [1.54, 1.807) is 25.7 Å². The molecular formula is C14H29N3O3. The number of rotatable bonds is 7. The lowest BCUT2D eigenvalue weighted by Gasteiger charge is -2.31. The molecule has 1 unspecified atom stereocenters. The lowest BCUT2D eigenvalue weighted by molar-refractivity contribution is -0.142. The molecule has 0 heterocycles. The number of carbonyl (C=O) groups is 2. The fourth-order valence-electron chi connectivity index (χ4n) is 1.77. The number of nitrogens with zero attached hydrogens (tertiary/aromatic N) is 2. The van der Waals surface area contributed by atoms with Crippen molar-refractivity contribution in [1.82, 2.24) is 15.1 Å². The highest BCUT2D eigenvalue weighted by Gasteiger charge is 2.33. The summed E-state index contributed by atoms with van der Waals surface area (Å²) in [6.07, 6.45) is 0.841. The predicted octanol–water partition coefficient (Wildman–Crippen LogP) is 1.47. The van der Waals surface area contributed by atoms with E-state index >= 15 is 0 Å². The van der Waals surface area contributed by atoms with Crippen molar-refractivity contribution < 1.29 is 14.7 Å². The Labute approximate surface area is 122 Å². The summed E-state index contributed by atoms with van der Waals surface area (Å²) in [5.74, 6) is -1.00. The molecule has 0 aromatic rings. The molecule has 0 aliphatic rings. The fraction of sp³-hybridized carbons (Fsp3) is 0.857. The maximum Gasteiger partial charge on any atom is 0.326 e. The standard InChI is InChI=1S/C14H29N3O3/c1-7-8-17(10-9-16(5)6)13(20)15-11(12(18)19)14(2,3)4/h11H,7-10H2,1-6H3,(H,15,20)(H,18,19). The summed E-state index contributed by atoms with van der Waals surface area (Å²) >= 11 is 0. The smallest absolute Gasteiger partial charge is 0.326 e. The molecule has 6 nitrogen and oxygen atoms in total. The normalized spacial score (nSPS) is 13.2. The third kappa shape index (κ3) is 6.75. The second kappa shape index (κ2) is 8.09. The number of likely N-dealkylation sites (N-methyl/N-ethyl adjacent to an activating group) is 1. The lowest BCUT2D eigenvalue weighted by atomic mass is 9.87. The first-order chi connectivity index (χ1) is 9.09. The van der Waals surface area contributed by atoms with Crippen LogP contribution in [0.5, 0.6) is 0 Å². The Morgan fingerprint density at radius 2 is 1.70 bits per heavy atom. The average molecular weight is 287 g/mol. The van der Waals surface area contributed by atoms with Gasteiger partial charge in [0.25, 0.3) is 0 Å². The summed E-state index contributed by atoms with van der Waals surface area (Å²) in [6.45, 7) is 9.36. The van der Waals surface area contributed by atoms with E-state index in [1.807, 2.05) is 25.9 Å². The second-order valence-corrected chi connectivity index (χ2v) is 6.38. The van der Waals surface area contributed by atoms with E-state index in [9.17, 15) is 14.7 Å². The van der Waals surface area contributed by atoms with Gasteiger partial charge in [-0.3, -0.25) is 0 Å². The number of aliphatic carboxylic acids is 1.